The molecule has 0 spiro atoms. The molecule has 22 heavy (non-hydrogen) atoms. The van der Waals surface area contributed by atoms with Crippen LogP contribution in [0.4, 0.5) is 4.79 Å². The van der Waals surface area contributed by atoms with Gasteiger partial charge in [0.2, 0.25) is 11.5 Å². The Labute approximate surface area is 130 Å². The van der Waals surface area contributed by atoms with E-state index in [1.54, 1.807) is 7.05 Å². The lowest BCUT2D eigenvalue weighted by atomic mass is 9.92. The molecule has 0 aromatic carbocycles. The van der Waals surface area contributed by atoms with Crippen LogP contribution in [0.25, 0.3) is 0 Å². The second-order valence-corrected chi connectivity index (χ2v) is 6.66. The molecule has 3 rings (SSSR count). The van der Waals surface area contributed by atoms with Gasteiger partial charge in [-0.15, -0.1) is 0 Å². The Morgan fingerprint density at radius 1 is 1.18 bits per heavy atom. The molecule has 0 saturated carbocycles. The minimum absolute atomic E-state index is 0.276. The Bertz CT molecular complexity index is 624. The van der Waals surface area contributed by atoms with Crippen LogP contribution in [0.5, 0.6) is 0 Å². The highest BCUT2D eigenvalue weighted by atomic mass is 16.2. The lowest BCUT2D eigenvalue weighted by molar-refractivity contribution is -0.401. The molecule has 3 heterocycles. The van der Waals surface area contributed by atoms with Gasteiger partial charge in [-0.1, -0.05) is 18.8 Å². The van der Waals surface area contributed by atoms with Crippen LogP contribution in [0, 0.1) is 11.8 Å². The largest absolute Gasteiger partial charge is 0.446 e. The quantitative estimate of drug-likeness (QED) is 0.696. The number of carbonyl (C=O) groups excluding carboxylic acids is 2. The highest BCUT2D eigenvalue weighted by Gasteiger charge is 2.44. The van der Waals surface area contributed by atoms with Gasteiger partial charge in [-0.25, -0.2) is 14.6 Å². The fourth-order valence-corrected chi connectivity index (χ4v) is 3.51. The van der Waals surface area contributed by atoms with Crippen LogP contribution in [0.2, 0.25) is 0 Å². The topological polar surface area (TPSA) is 68.3 Å². The van der Waals surface area contributed by atoms with Crippen LogP contribution in [0.15, 0.2) is 9.98 Å². The standard InChI is InChI=1S/C15H22N5O2/c1-9-5-10(2)7-20(6-9)8-11-16-12-13(17-11)18(3)15(22)19(4)14(12)21/h9-10H,5-8H2,1-4H3/q+1. The minimum atomic E-state index is -0.378. The van der Waals surface area contributed by atoms with E-state index in [2.05, 4.69) is 28.7 Å². The third kappa shape index (κ3) is 2.49. The van der Waals surface area contributed by atoms with Crippen molar-refractivity contribution in [3.8, 4) is 0 Å². The molecular formula is C15H22N5O2+. The average molecular weight is 304 g/mol. The second-order valence-electron chi connectivity index (χ2n) is 6.66. The summed E-state index contributed by atoms with van der Waals surface area (Å²) in [6.45, 7) is 7.17. The molecule has 1 fully saturated rings. The first-order chi connectivity index (χ1) is 10.4. The maximum atomic E-state index is 12.1. The number of nitrogens with zero attached hydrogens (tertiary/aromatic N) is 5. The number of amidine groups is 2. The molecule has 1 saturated heterocycles. The molecule has 0 N–H and O–H groups in total. The van der Waals surface area contributed by atoms with Crippen LogP contribution in [0.1, 0.15) is 20.3 Å². The SMILES string of the molecule is CC1CC(C)CN(CC2=NC3=[N+](C)C(=O)N(C)C(=O)C3=N2)C1. The smallest absolute Gasteiger partial charge is 0.294 e. The van der Waals surface area contributed by atoms with Crippen molar-refractivity contribution < 1.29 is 14.2 Å². The predicted octanol–water partition coefficient (Wildman–Crippen LogP) is 0.450. The molecular weight excluding hydrogens is 282 g/mol. The van der Waals surface area contributed by atoms with Gasteiger partial charge in [-0.3, -0.25) is 4.90 Å². The molecule has 0 aromatic rings. The molecule has 0 bridgehead atoms. The van der Waals surface area contributed by atoms with Crippen molar-refractivity contribution in [3.63, 3.8) is 0 Å². The highest BCUT2D eigenvalue weighted by Crippen LogP contribution is 2.21. The van der Waals surface area contributed by atoms with E-state index in [4.69, 9.17) is 0 Å². The van der Waals surface area contributed by atoms with Gasteiger partial charge in [-0.05, 0) is 18.3 Å². The fraction of sp³-hybridized carbons (Fsp3) is 0.667. The number of amides is 3. The zero-order valence-corrected chi connectivity index (χ0v) is 13.5. The van der Waals surface area contributed by atoms with E-state index in [1.807, 2.05) is 0 Å². The molecule has 2 atom stereocenters. The van der Waals surface area contributed by atoms with Crippen molar-refractivity contribution in [1.82, 2.24) is 9.80 Å². The summed E-state index contributed by atoms with van der Waals surface area (Å²) in [7, 11) is 3.08. The summed E-state index contributed by atoms with van der Waals surface area (Å²) < 4.78 is 1.38. The third-order valence-electron chi connectivity index (χ3n) is 4.40. The molecule has 7 heteroatoms. The van der Waals surface area contributed by atoms with Gasteiger partial charge in [0.25, 0.3) is 0 Å². The maximum Gasteiger partial charge on any atom is 0.446 e. The van der Waals surface area contributed by atoms with Gasteiger partial charge in [0.15, 0.2) is 0 Å². The van der Waals surface area contributed by atoms with Gasteiger partial charge in [0.1, 0.15) is 0 Å². The lowest BCUT2D eigenvalue weighted by Crippen LogP contribution is -2.51. The predicted molar refractivity (Wildman–Crippen MR) is 83.6 cm³/mol. The van der Waals surface area contributed by atoms with E-state index in [1.165, 1.54) is 18.0 Å². The van der Waals surface area contributed by atoms with Crippen molar-refractivity contribution in [3.05, 3.63) is 0 Å². The summed E-state index contributed by atoms with van der Waals surface area (Å²) in [5.74, 6) is 1.93. The molecule has 3 amide bonds. The molecule has 118 valence electrons. The van der Waals surface area contributed by atoms with E-state index in [9.17, 15) is 9.59 Å². The molecule has 0 aliphatic carbocycles. The number of likely N-dealkylation sites (tertiary alicyclic amines) is 1. The maximum absolute atomic E-state index is 12.1. The molecule has 7 nitrogen and oxygen atoms in total. The van der Waals surface area contributed by atoms with Crippen molar-refractivity contribution in [2.45, 2.75) is 20.3 Å². The van der Waals surface area contributed by atoms with Crippen molar-refractivity contribution in [2.24, 2.45) is 21.8 Å². The second kappa shape index (κ2) is 5.39. The van der Waals surface area contributed by atoms with Crippen LogP contribution in [0.3, 0.4) is 0 Å². The molecule has 0 aromatic heterocycles. The Kier molecular flexibility index (Phi) is 3.68. The number of carbonyl (C=O) groups is 2. The first-order valence-electron chi connectivity index (χ1n) is 7.68. The summed E-state index contributed by atoms with van der Waals surface area (Å²) >= 11 is 0. The van der Waals surface area contributed by atoms with Crippen LogP contribution in [-0.4, -0.2) is 77.4 Å². The molecule has 3 aliphatic heterocycles. The zero-order chi connectivity index (χ0) is 16.0. The van der Waals surface area contributed by atoms with Gasteiger partial charge in [-0.2, -0.15) is 9.48 Å². The normalized spacial score (nSPS) is 29.7. The van der Waals surface area contributed by atoms with E-state index in [-0.39, 0.29) is 17.6 Å². The van der Waals surface area contributed by atoms with Gasteiger partial charge in [0, 0.05) is 13.1 Å². The van der Waals surface area contributed by atoms with E-state index in [0.717, 1.165) is 18.0 Å². The van der Waals surface area contributed by atoms with Crippen LogP contribution >= 0.6 is 0 Å². The lowest BCUT2D eigenvalue weighted by Gasteiger charge is -2.34. The average Bonchev–Trinajstić information content (AvgIpc) is 2.85. The Balaban J connectivity index is 1.82. The molecule has 2 unspecified atom stereocenters. The Morgan fingerprint density at radius 3 is 2.45 bits per heavy atom. The molecule has 0 radical (unpaired) electrons. The van der Waals surface area contributed by atoms with Crippen molar-refractivity contribution >= 4 is 29.3 Å². The summed E-state index contributed by atoms with van der Waals surface area (Å²) in [6.07, 6.45) is 1.25. The van der Waals surface area contributed by atoms with Crippen LogP contribution < -0.4 is 0 Å². The monoisotopic (exact) mass is 304 g/mol. The zero-order valence-electron chi connectivity index (χ0n) is 13.5. The number of hydrogen-bond acceptors (Lipinski definition) is 5. The number of piperidine rings is 1. The number of urea groups is 1. The number of fused-ring (bicyclic) bond motifs is 1. The minimum Gasteiger partial charge on any atom is -0.294 e. The number of hydrogen-bond donors (Lipinski definition) is 0. The van der Waals surface area contributed by atoms with Gasteiger partial charge >= 0.3 is 17.8 Å². The van der Waals surface area contributed by atoms with Crippen LogP contribution in [-0.2, 0) is 4.79 Å². The van der Waals surface area contributed by atoms with E-state index < -0.39 is 0 Å². The van der Waals surface area contributed by atoms with E-state index >= 15 is 0 Å². The Morgan fingerprint density at radius 2 is 1.82 bits per heavy atom. The number of imide groups is 1. The summed E-state index contributed by atoms with van der Waals surface area (Å²) in [6, 6.07) is -0.371. The number of rotatable bonds is 2. The fourth-order valence-electron chi connectivity index (χ4n) is 3.51. The van der Waals surface area contributed by atoms with Crippen molar-refractivity contribution in [1.29, 1.82) is 0 Å². The summed E-state index contributed by atoms with van der Waals surface area (Å²) in [5.41, 5.74) is 0.276. The number of aliphatic imine (C=N–C) groups is 2. The van der Waals surface area contributed by atoms with Crippen molar-refractivity contribution in [2.75, 3.05) is 33.7 Å². The first-order valence-corrected chi connectivity index (χ1v) is 7.68. The summed E-state index contributed by atoms with van der Waals surface area (Å²) in [4.78, 5) is 36.3. The third-order valence-corrected chi connectivity index (χ3v) is 4.40. The Hall–Kier alpha value is -1.89. The highest BCUT2D eigenvalue weighted by molar-refractivity contribution is 6.70. The summed E-state index contributed by atoms with van der Waals surface area (Å²) in [5, 5.41) is 0. The van der Waals surface area contributed by atoms with E-state index in [0.29, 0.717) is 30.1 Å². The van der Waals surface area contributed by atoms with Gasteiger partial charge in [0.05, 0.1) is 20.6 Å². The first kappa shape index (κ1) is 15.0. The van der Waals surface area contributed by atoms with Gasteiger partial charge < -0.3 is 0 Å². The molecule has 3 aliphatic rings.